The van der Waals surface area contributed by atoms with Crippen LogP contribution in [0.3, 0.4) is 0 Å². The number of hydrogen-bond donors (Lipinski definition) is 17. The molecule has 0 saturated heterocycles. The topological polar surface area (TPSA) is 431 Å². The highest BCUT2D eigenvalue weighted by Gasteiger charge is 2.30. The number of rotatable bonds is 15. The quantitative estimate of drug-likeness (QED) is 0.0747. The van der Waals surface area contributed by atoms with Crippen LogP contribution in [-0.2, 0) is 23.0 Å². The second-order valence-electron chi connectivity index (χ2n) is 7.72. The molecular weight excluding hydrogens is 588 g/mol. The molecule has 0 aromatic heterocycles. The molecule has 22 nitrogen and oxygen atoms in total. The minimum Gasteiger partial charge on any atom is -0.479 e. The summed E-state index contributed by atoms with van der Waals surface area (Å²) in [7, 11) is -9.99. The Labute approximate surface area is 221 Å². The van der Waals surface area contributed by atoms with Crippen LogP contribution < -0.4 is 17.2 Å². The summed E-state index contributed by atoms with van der Waals surface area (Å²) in [4.78, 5) is 43.2. The first kappa shape index (κ1) is 45.2. The van der Waals surface area contributed by atoms with Gasteiger partial charge < -0.3 is 87.8 Å². The van der Waals surface area contributed by atoms with Crippen molar-refractivity contribution in [2.75, 3.05) is 66.1 Å². The lowest BCUT2D eigenvalue weighted by molar-refractivity contribution is -0.147. The van der Waals surface area contributed by atoms with Crippen LogP contribution >= 0.6 is 15.6 Å². The fourth-order valence-corrected chi connectivity index (χ4v) is 1.74. The van der Waals surface area contributed by atoms with Crippen molar-refractivity contribution in [2.45, 2.75) is 22.7 Å². The van der Waals surface area contributed by atoms with Gasteiger partial charge in [0.15, 0.2) is 6.10 Å². The molecule has 0 heterocycles. The third-order valence-corrected chi connectivity index (χ3v) is 4.78. The maximum absolute atomic E-state index is 10.3. The molecule has 0 aliphatic rings. The van der Waals surface area contributed by atoms with E-state index in [-0.39, 0.29) is 0 Å². The predicted molar refractivity (Wildman–Crippen MR) is 127 cm³/mol. The normalized spacial score (nSPS) is 13.1. The lowest BCUT2D eigenvalue weighted by atomic mass is 10.1. The van der Waals surface area contributed by atoms with Gasteiger partial charge in [-0.2, -0.15) is 0 Å². The van der Waals surface area contributed by atoms with Crippen molar-refractivity contribution >= 4 is 21.6 Å². The Bertz CT molecular complexity index is 641. The maximum atomic E-state index is 10.3. The summed E-state index contributed by atoms with van der Waals surface area (Å²) < 4.78 is 27.8. The number of nitrogens with two attached hydrogens (primary N) is 3. The average Bonchev–Trinajstić information content (AvgIpc) is 2.89. The van der Waals surface area contributed by atoms with Gasteiger partial charge in [-0.1, -0.05) is 0 Å². The Morgan fingerprint density at radius 1 is 0.590 bits per heavy atom. The number of carboxylic acids is 1. The van der Waals surface area contributed by atoms with Crippen LogP contribution in [0.1, 0.15) is 0 Å². The summed E-state index contributed by atoms with van der Waals surface area (Å²) in [5.41, 5.74) is 11.8. The molecule has 240 valence electrons. The first-order chi connectivity index (χ1) is 17.6. The van der Waals surface area contributed by atoms with E-state index in [9.17, 15) is 13.9 Å². The van der Waals surface area contributed by atoms with E-state index in [2.05, 4.69) is 9.05 Å². The molecular formula is C15H41N3O19P2. The van der Waals surface area contributed by atoms with E-state index in [1.54, 1.807) is 0 Å². The third kappa shape index (κ3) is 27.2. The van der Waals surface area contributed by atoms with E-state index in [0.717, 1.165) is 0 Å². The summed E-state index contributed by atoms with van der Waals surface area (Å²) in [6.07, 6.45) is -2.17. The summed E-state index contributed by atoms with van der Waals surface area (Å²) in [6.45, 7) is -4.81. The van der Waals surface area contributed by atoms with Crippen LogP contribution in [0.5, 0.6) is 0 Å². The van der Waals surface area contributed by atoms with Crippen LogP contribution in [-0.4, -0.2) is 165 Å². The number of aliphatic hydroxyl groups excluding tert-OH is 9. The number of carboxylic acid groups (broad SMARTS) is 1. The van der Waals surface area contributed by atoms with Gasteiger partial charge in [0.25, 0.3) is 0 Å². The fourth-order valence-electron chi connectivity index (χ4n) is 0.927. The summed E-state index contributed by atoms with van der Waals surface area (Å²) >= 11 is 0. The average molecular weight is 629 g/mol. The van der Waals surface area contributed by atoms with Gasteiger partial charge >= 0.3 is 21.6 Å². The van der Waals surface area contributed by atoms with Gasteiger partial charge in [-0.05, 0) is 0 Å². The molecule has 0 amide bonds. The minimum absolute atomic E-state index is 0.403. The fraction of sp³-hybridized carbons (Fsp3) is 0.933. The number of hydrogen-bond acceptors (Lipinski definition) is 17. The van der Waals surface area contributed by atoms with Gasteiger partial charge in [0, 0.05) is 0 Å². The first-order valence-corrected chi connectivity index (χ1v) is 13.1. The van der Waals surface area contributed by atoms with E-state index >= 15 is 0 Å². The van der Waals surface area contributed by atoms with Gasteiger partial charge in [-0.25, -0.2) is 13.9 Å². The molecule has 0 aliphatic carbocycles. The van der Waals surface area contributed by atoms with Crippen molar-refractivity contribution in [3.8, 4) is 0 Å². The zero-order chi connectivity index (χ0) is 32.1. The molecule has 0 saturated carbocycles. The number of aliphatic hydroxyl groups is 9. The standard InChI is InChI=1S/3C4H11NO3.C3H8O10P2/c3*5-4(1-6,2-7)3-8;4-3(5)2(13-15(9,10)11)1-12-14(6,7)8/h3*6-8H,1-3,5H2;2H,1H2,(H,4,5)(H2,6,7,8)(H2,9,10,11)/t;;;2-/m...1/s1. The highest BCUT2D eigenvalue weighted by atomic mass is 31.2. The molecule has 0 rings (SSSR count). The zero-order valence-electron chi connectivity index (χ0n) is 20.6. The highest BCUT2D eigenvalue weighted by molar-refractivity contribution is 7.46. The molecule has 0 aromatic rings. The molecule has 0 fully saturated rings. The first-order valence-electron chi connectivity index (χ1n) is 10.1. The van der Waals surface area contributed by atoms with E-state index in [1.165, 1.54) is 0 Å². The number of phosphoric ester groups is 2. The Morgan fingerprint density at radius 3 is 0.923 bits per heavy atom. The van der Waals surface area contributed by atoms with Crippen LogP contribution in [0.2, 0.25) is 0 Å². The molecule has 0 spiro atoms. The lowest BCUT2D eigenvalue weighted by Gasteiger charge is -2.20. The Morgan fingerprint density at radius 2 is 0.821 bits per heavy atom. The Kier molecular flexibility index (Phi) is 25.4. The third-order valence-electron chi connectivity index (χ3n) is 3.77. The van der Waals surface area contributed by atoms with Crippen LogP contribution in [0, 0.1) is 0 Å². The monoisotopic (exact) mass is 629 g/mol. The molecule has 24 heteroatoms. The lowest BCUT2D eigenvalue weighted by Crippen LogP contribution is -2.50. The summed E-state index contributed by atoms with van der Waals surface area (Å²) in [5, 5.41) is 83.4. The Hall–Kier alpha value is -0.790. The largest absolute Gasteiger partial charge is 0.479 e. The second kappa shape index (κ2) is 21.9. The van der Waals surface area contributed by atoms with E-state index in [1.807, 2.05) is 0 Å². The molecule has 0 radical (unpaired) electrons. The van der Waals surface area contributed by atoms with E-state index in [0.29, 0.717) is 0 Å². The minimum atomic E-state index is -5.07. The molecule has 39 heavy (non-hydrogen) atoms. The van der Waals surface area contributed by atoms with Gasteiger partial charge in [0.2, 0.25) is 0 Å². The summed E-state index contributed by atoms with van der Waals surface area (Å²) in [5.74, 6) is -1.83. The molecule has 0 aliphatic heterocycles. The van der Waals surface area contributed by atoms with Gasteiger partial charge in [-0.15, -0.1) is 0 Å². The van der Waals surface area contributed by atoms with Crippen LogP contribution in [0.15, 0.2) is 0 Å². The van der Waals surface area contributed by atoms with Crippen molar-refractivity contribution in [1.82, 2.24) is 0 Å². The Balaban J connectivity index is -0.000000221. The van der Waals surface area contributed by atoms with E-state index < -0.39 is 110 Å². The van der Waals surface area contributed by atoms with Gasteiger partial charge in [0.05, 0.1) is 82.7 Å². The maximum Gasteiger partial charge on any atom is 0.470 e. The van der Waals surface area contributed by atoms with Crippen LogP contribution in [0.4, 0.5) is 0 Å². The number of phosphoric acid groups is 2. The predicted octanol–water partition coefficient (Wildman–Crippen LogP) is -8.36. The second-order valence-corrected chi connectivity index (χ2v) is 10.2. The molecule has 20 N–H and O–H groups in total. The summed E-state index contributed by atoms with van der Waals surface area (Å²) in [6, 6.07) is 0. The highest BCUT2D eigenvalue weighted by Crippen LogP contribution is 2.40. The SMILES string of the molecule is NC(CO)(CO)CO.NC(CO)(CO)CO.NC(CO)(CO)CO.O=C(O)[C@@H](COP(=O)(O)O)OP(=O)(O)O. The van der Waals surface area contributed by atoms with Crippen molar-refractivity contribution in [3.05, 3.63) is 0 Å². The van der Waals surface area contributed by atoms with Crippen molar-refractivity contribution in [2.24, 2.45) is 17.2 Å². The number of carbonyl (C=O) groups is 1. The zero-order valence-corrected chi connectivity index (χ0v) is 22.4. The van der Waals surface area contributed by atoms with Crippen molar-refractivity contribution in [3.63, 3.8) is 0 Å². The molecule has 0 bridgehead atoms. The van der Waals surface area contributed by atoms with Gasteiger partial charge in [0.1, 0.15) is 0 Å². The molecule has 0 unspecified atom stereocenters. The van der Waals surface area contributed by atoms with Crippen LogP contribution in [0.25, 0.3) is 0 Å². The van der Waals surface area contributed by atoms with Crippen molar-refractivity contribution in [1.29, 1.82) is 0 Å². The molecule has 0 aromatic carbocycles. The van der Waals surface area contributed by atoms with Crippen molar-refractivity contribution < 1.29 is 93.6 Å². The molecule has 1 atom stereocenters. The smallest absolute Gasteiger partial charge is 0.470 e. The van der Waals surface area contributed by atoms with E-state index in [4.69, 9.17) is 87.8 Å². The number of aliphatic carboxylic acids is 1. The van der Waals surface area contributed by atoms with Gasteiger partial charge in [-0.3, -0.25) is 9.05 Å².